The molecule has 0 unspecified atom stereocenters. The zero-order valence-electron chi connectivity index (χ0n) is 16.2. The second kappa shape index (κ2) is 9.88. The van der Waals surface area contributed by atoms with Crippen LogP contribution in [0.4, 0.5) is 10.1 Å². The van der Waals surface area contributed by atoms with Gasteiger partial charge >= 0.3 is 0 Å². The van der Waals surface area contributed by atoms with E-state index in [0.29, 0.717) is 22.7 Å². The minimum atomic E-state index is -0.631. The average molecular weight is 430 g/mol. The van der Waals surface area contributed by atoms with Gasteiger partial charge < -0.3 is 20.1 Å². The lowest BCUT2D eigenvalue weighted by molar-refractivity contribution is -0.122. The summed E-state index contributed by atoms with van der Waals surface area (Å²) in [5.74, 6) is 0.0291. The number of hydrogen-bond acceptors (Lipinski definition) is 7. The molecular formula is C20H19FN4O4S. The highest BCUT2D eigenvalue weighted by Gasteiger charge is 2.32. The smallest absolute Gasteiger partial charge is 0.240 e. The molecule has 1 aliphatic heterocycles. The molecule has 0 aromatic heterocycles. The van der Waals surface area contributed by atoms with Crippen LogP contribution >= 0.6 is 11.8 Å². The van der Waals surface area contributed by atoms with E-state index in [0.717, 1.165) is 11.8 Å². The summed E-state index contributed by atoms with van der Waals surface area (Å²) in [5.41, 5.74) is 1.14. The van der Waals surface area contributed by atoms with Crippen LogP contribution in [0.15, 0.2) is 52.7 Å². The van der Waals surface area contributed by atoms with Crippen molar-refractivity contribution in [3.8, 4) is 11.5 Å². The van der Waals surface area contributed by atoms with Gasteiger partial charge in [-0.2, -0.15) is 5.10 Å². The minimum Gasteiger partial charge on any atom is -0.497 e. The predicted molar refractivity (Wildman–Crippen MR) is 114 cm³/mol. The Hall–Kier alpha value is -3.40. The highest BCUT2D eigenvalue weighted by molar-refractivity contribution is 8.15. The number of nitrogens with zero attached hydrogens (tertiary/aromatic N) is 2. The van der Waals surface area contributed by atoms with Crippen LogP contribution in [0.1, 0.15) is 12.0 Å². The van der Waals surface area contributed by atoms with Gasteiger partial charge in [0.25, 0.3) is 0 Å². The Morgan fingerprint density at radius 1 is 1.23 bits per heavy atom. The third kappa shape index (κ3) is 5.57. The van der Waals surface area contributed by atoms with Crippen LogP contribution in [0.3, 0.4) is 0 Å². The van der Waals surface area contributed by atoms with Gasteiger partial charge in [-0.15, -0.1) is 5.10 Å². The number of rotatable bonds is 7. The molecule has 30 heavy (non-hydrogen) atoms. The molecule has 0 saturated carbocycles. The van der Waals surface area contributed by atoms with Crippen LogP contribution < -0.4 is 20.1 Å². The van der Waals surface area contributed by atoms with E-state index in [1.807, 2.05) is 0 Å². The Morgan fingerprint density at radius 2 is 2.00 bits per heavy atom. The topological polar surface area (TPSA) is 101 Å². The van der Waals surface area contributed by atoms with Crippen molar-refractivity contribution in [1.29, 1.82) is 0 Å². The molecule has 1 saturated heterocycles. The van der Waals surface area contributed by atoms with Crippen molar-refractivity contribution in [1.82, 2.24) is 5.32 Å². The van der Waals surface area contributed by atoms with Crippen molar-refractivity contribution in [3.63, 3.8) is 0 Å². The van der Waals surface area contributed by atoms with E-state index >= 15 is 0 Å². The SMILES string of the molecule is COc1ccc(NC(=O)C[C@@H]2S/C(=N/N=C\c3ccc(F)cc3)NC2=O)c(OC)c1. The van der Waals surface area contributed by atoms with Crippen LogP contribution in [0, 0.1) is 5.82 Å². The first-order valence-corrected chi connectivity index (χ1v) is 9.72. The molecule has 0 spiro atoms. The normalized spacial score (nSPS) is 17.2. The first-order chi connectivity index (χ1) is 14.5. The molecule has 1 aliphatic rings. The lowest BCUT2D eigenvalue weighted by Gasteiger charge is -2.12. The number of benzene rings is 2. The van der Waals surface area contributed by atoms with Crippen molar-refractivity contribution >= 4 is 40.6 Å². The Kier molecular flexibility index (Phi) is 7.02. The summed E-state index contributed by atoms with van der Waals surface area (Å²) in [4.78, 5) is 24.5. The third-order valence-electron chi connectivity index (χ3n) is 4.06. The van der Waals surface area contributed by atoms with Crippen molar-refractivity contribution in [3.05, 3.63) is 53.8 Å². The number of methoxy groups -OCH3 is 2. The second-order valence-electron chi connectivity index (χ2n) is 6.12. The fourth-order valence-corrected chi connectivity index (χ4v) is 3.48. The molecule has 2 aromatic rings. The molecule has 0 bridgehead atoms. The molecule has 1 heterocycles. The zero-order valence-corrected chi connectivity index (χ0v) is 17.0. The quantitative estimate of drug-likeness (QED) is 0.520. The molecule has 1 fully saturated rings. The maximum absolute atomic E-state index is 12.9. The number of amidine groups is 1. The van der Waals surface area contributed by atoms with Gasteiger partial charge in [-0.05, 0) is 29.8 Å². The van der Waals surface area contributed by atoms with Crippen LogP contribution in [0.25, 0.3) is 0 Å². The van der Waals surface area contributed by atoms with Crippen LogP contribution in [-0.2, 0) is 9.59 Å². The summed E-state index contributed by atoms with van der Waals surface area (Å²) in [6, 6.07) is 10.7. The number of carbonyl (C=O) groups is 2. The van der Waals surface area contributed by atoms with Gasteiger partial charge in [-0.3, -0.25) is 9.59 Å². The zero-order chi connectivity index (χ0) is 21.5. The maximum atomic E-state index is 12.9. The molecule has 8 nitrogen and oxygen atoms in total. The van der Waals surface area contributed by atoms with E-state index in [1.54, 1.807) is 30.3 Å². The van der Waals surface area contributed by atoms with Crippen LogP contribution in [0.2, 0.25) is 0 Å². The summed E-state index contributed by atoms with van der Waals surface area (Å²) in [6.45, 7) is 0. The molecule has 156 valence electrons. The van der Waals surface area contributed by atoms with E-state index in [4.69, 9.17) is 9.47 Å². The lowest BCUT2D eigenvalue weighted by Crippen LogP contribution is -2.28. The Bertz CT molecular complexity index is 995. The largest absolute Gasteiger partial charge is 0.497 e. The monoisotopic (exact) mass is 430 g/mol. The van der Waals surface area contributed by atoms with Gasteiger partial charge in [-0.1, -0.05) is 23.9 Å². The molecule has 0 aliphatic carbocycles. The third-order valence-corrected chi connectivity index (χ3v) is 5.13. The van der Waals surface area contributed by atoms with Crippen molar-refractivity contribution in [2.75, 3.05) is 19.5 Å². The molecule has 2 aromatic carbocycles. The van der Waals surface area contributed by atoms with Gasteiger partial charge in [-0.25, -0.2) is 4.39 Å². The van der Waals surface area contributed by atoms with Gasteiger partial charge in [0.2, 0.25) is 11.8 Å². The molecule has 1 atom stereocenters. The first kappa shape index (κ1) is 21.3. The number of amides is 2. The Balaban J connectivity index is 1.57. The Morgan fingerprint density at radius 3 is 2.70 bits per heavy atom. The number of halogens is 1. The number of nitrogens with one attached hydrogen (secondary N) is 2. The van der Waals surface area contributed by atoms with Gasteiger partial charge in [0, 0.05) is 12.5 Å². The summed E-state index contributed by atoms with van der Waals surface area (Å²) >= 11 is 1.11. The summed E-state index contributed by atoms with van der Waals surface area (Å²) < 4.78 is 23.3. The van der Waals surface area contributed by atoms with E-state index < -0.39 is 5.25 Å². The van der Waals surface area contributed by atoms with E-state index in [9.17, 15) is 14.0 Å². The van der Waals surface area contributed by atoms with Gasteiger partial charge in [0.05, 0.1) is 26.1 Å². The fourth-order valence-electron chi connectivity index (χ4n) is 2.55. The predicted octanol–water partition coefficient (Wildman–Crippen LogP) is 2.79. The van der Waals surface area contributed by atoms with Crippen molar-refractivity contribution < 1.29 is 23.5 Å². The number of hydrogen-bond donors (Lipinski definition) is 2. The molecule has 2 amide bonds. The highest BCUT2D eigenvalue weighted by Crippen LogP contribution is 2.30. The van der Waals surface area contributed by atoms with E-state index in [-0.39, 0.29) is 29.2 Å². The number of thioether (sulfide) groups is 1. The van der Waals surface area contributed by atoms with Crippen LogP contribution in [0.5, 0.6) is 11.5 Å². The molecule has 3 rings (SSSR count). The number of anilines is 1. The van der Waals surface area contributed by atoms with Crippen molar-refractivity contribution in [2.45, 2.75) is 11.7 Å². The van der Waals surface area contributed by atoms with E-state index in [1.165, 1.54) is 32.6 Å². The first-order valence-electron chi connectivity index (χ1n) is 8.84. The summed E-state index contributed by atoms with van der Waals surface area (Å²) in [7, 11) is 3.02. The lowest BCUT2D eigenvalue weighted by atomic mass is 10.2. The highest BCUT2D eigenvalue weighted by atomic mass is 32.2. The second-order valence-corrected chi connectivity index (χ2v) is 7.31. The molecule has 2 N–H and O–H groups in total. The maximum Gasteiger partial charge on any atom is 0.240 e. The number of ether oxygens (including phenoxy) is 2. The van der Waals surface area contributed by atoms with Gasteiger partial charge in [0.1, 0.15) is 22.6 Å². The number of carbonyl (C=O) groups excluding carboxylic acids is 2. The van der Waals surface area contributed by atoms with Crippen molar-refractivity contribution in [2.24, 2.45) is 10.2 Å². The fraction of sp³-hybridized carbons (Fsp3) is 0.200. The summed E-state index contributed by atoms with van der Waals surface area (Å²) in [5, 5.41) is 12.8. The molecular weight excluding hydrogens is 411 g/mol. The minimum absolute atomic E-state index is 0.0492. The summed E-state index contributed by atoms with van der Waals surface area (Å²) in [6.07, 6.45) is 1.39. The average Bonchev–Trinajstić information content (AvgIpc) is 3.08. The molecule has 10 heteroatoms. The standard InChI is InChI=1S/C20H19FN4O4S/c1-28-14-7-8-15(16(9-14)29-2)23-18(26)10-17-19(27)24-20(30-17)25-22-11-12-3-5-13(21)6-4-12/h3-9,11,17H,10H2,1-2H3,(H,23,26)(H,24,25,27)/b22-11-/t17-/m0/s1. The van der Waals surface area contributed by atoms with Crippen LogP contribution in [-0.4, -0.2) is 42.7 Å². The van der Waals surface area contributed by atoms with E-state index in [2.05, 4.69) is 20.8 Å². The molecule has 0 radical (unpaired) electrons. The van der Waals surface area contributed by atoms with Gasteiger partial charge in [0.15, 0.2) is 5.17 Å². The Labute approximate surface area is 176 Å².